The van der Waals surface area contributed by atoms with Crippen molar-refractivity contribution in [2.75, 3.05) is 42.1 Å². The predicted octanol–water partition coefficient (Wildman–Crippen LogP) is 2.79. The Bertz CT molecular complexity index is 1030. The average molecular weight is 418 g/mol. The van der Waals surface area contributed by atoms with Crippen molar-refractivity contribution in [1.82, 2.24) is 19.9 Å². The van der Waals surface area contributed by atoms with Crippen molar-refractivity contribution >= 4 is 29.2 Å². The Kier molecular flexibility index (Phi) is 6.26. The van der Waals surface area contributed by atoms with Crippen LogP contribution in [0.4, 0.5) is 23.3 Å². The van der Waals surface area contributed by atoms with Crippen molar-refractivity contribution in [2.45, 2.75) is 19.8 Å². The van der Waals surface area contributed by atoms with Gasteiger partial charge in [-0.05, 0) is 36.8 Å². The van der Waals surface area contributed by atoms with Crippen molar-refractivity contribution in [2.24, 2.45) is 0 Å². The van der Waals surface area contributed by atoms with Gasteiger partial charge >= 0.3 is 0 Å². The summed E-state index contributed by atoms with van der Waals surface area (Å²) in [5.41, 5.74) is 9.16. The first-order valence-electron chi connectivity index (χ1n) is 10.5. The number of nitrogen functional groups attached to an aromatic ring is 1. The molecule has 1 fully saturated rings. The molecule has 0 aliphatic carbocycles. The minimum atomic E-state index is 0.112. The topological polar surface area (TPSA) is 100 Å². The summed E-state index contributed by atoms with van der Waals surface area (Å²) in [7, 11) is 0. The molecule has 0 atom stereocenters. The van der Waals surface area contributed by atoms with Gasteiger partial charge in [-0.3, -0.25) is 4.79 Å². The Balaban J connectivity index is 1.31. The summed E-state index contributed by atoms with van der Waals surface area (Å²) in [5.74, 6) is 1.15. The molecular weight excluding hydrogens is 390 g/mol. The second-order valence-electron chi connectivity index (χ2n) is 7.63. The lowest BCUT2D eigenvalue weighted by Crippen LogP contribution is -2.48. The molecule has 0 spiro atoms. The second-order valence-corrected chi connectivity index (χ2v) is 7.63. The maximum Gasteiger partial charge on any atom is 0.232 e. The number of nitrogens with one attached hydrogen (secondary N) is 1. The number of anilines is 4. The van der Waals surface area contributed by atoms with E-state index < -0.39 is 0 Å². The number of amides is 1. The number of benzene rings is 2. The van der Waals surface area contributed by atoms with Gasteiger partial charge in [0.15, 0.2) is 0 Å². The zero-order chi connectivity index (χ0) is 21.6. The van der Waals surface area contributed by atoms with E-state index >= 15 is 0 Å². The molecule has 1 saturated heterocycles. The molecule has 3 N–H and O–H groups in total. The van der Waals surface area contributed by atoms with Crippen LogP contribution in [0.25, 0.3) is 0 Å². The quantitative estimate of drug-likeness (QED) is 0.636. The van der Waals surface area contributed by atoms with Gasteiger partial charge in [-0.1, -0.05) is 30.3 Å². The number of aryl methyl sites for hydroxylation is 2. The zero-order valence-electron chi connectivity index (χ0n) is 17.7. The van der Waals surface area contributed by atoms with Gasteiger partial charge in [0.2, 0.25) is 17.8 Å². The van der Waals surface area contributed by atoms with E-state index in [0.29, 0.717) is 37.7 Å². The Morgan fingerprint density at radius 3 is 2.52 bits per heavy atom. The summed E-state index contributed by atoms with van der Waals surface area (Å²) in [6, 6.07) is 18.1. The highest BCUT2D eigenvalue weighted by Gasteiger charge is 2.21. The molecule has 8 heteroatoms. The summed E-state index contributed by atoms with van der Waals surface area (Å²) < 4.78 is 0. The molecule has 2 heterocycles. The van der Waals surface area contributed by atoms with Gasteiger partial charge in [0.1, 0.15) is 5.82 Å². The fourth-order valence-corrected chi connectivity index (χ4v) is 3.67. The molecular formula is C23H27N7O. The lowest BCUT2D eigenvalue weighted by molar-refractivity contribution is -0.131. The number of nitrogens with two attached hydrogens (primary N) is 1. The highest BCUT2D eigenvalue weighted by molar-refractivity contribution is 5.76. The van der Waals surface area contributed by atoms with Crippen molar-refractivity contribution in [3.63, 3.8) is 0 Å². The first-order valence-corrected chi connectivity index (χ1v) is 10.5. The van der Waals surface area contributed by atoms with Gasteiger partial charge in [0.05, 0.1) is 0 Å². The number of aromatic nitrogens is 3. The van der Waals surface area contributed by atoms with Gasteiger partial charge in [-0.2, -0.15) is 15.0 Å². The molecule has 3 aromatic rings. The summed E-state index contributed by atoms with van der Waals surface area (Å²) >= 11 is 0. The van der Waals surface area contributed by atoms with E-state index in [0.717, 1.165) is 18.8 Å². The number of para-hydroxylation sites is 1. The number of hydrogen-bond donors (Lipinski definition) is 2. The summed E-state index contributed by atoms with van der Waals surface area (Å²) in [6.45, 7) is 5.19. The molecule has 31 heavy (non-hydrogen) atoms. The highest BCUT2D eigenvalue weighted by atomic mass is 16.2. The van der Waals surface area contributed by atoms with E-state index in [4.69, 9.17) is 5.73 Å². The Morgan fingerprint density at radius 1 is 1.00 bits per heavy atom. The molecule has 0 radical (unpaired) electrons. The SMILES string of the molecule is Cc1cccc(N2CCN(C(=O)CCc3nc(N)nc(Nc4ccccc4)n3)CC2)c1. The largest absolute Gasteiger partial charge is 0.368 e. The smallest absolute Gasteiger partial charge is 0.232 e. The third-order valence-electron chi connectivity index (χ3n) is 5.29. The molecule has 0 bridgehead atoms. The lowest BCUT2D eigenvalue weighted by atomic mass is 10.2. The molecule has 0 unspecified atom stereocenters. The first-order chi connectivity index (χ1) is 15.1. The summed E-state index contributed by atoms with van der Waals surface area (Å²) in [5, 5.41) is 3.12. The zero-order valence-corrected chi connectivity index (χ0v) is 17.7. The van der Waals surface area contributed by atoms with Crippen LogP contribution in [0.2, 0.25) is 0 Å². The third kappa shape index (κ3) is 5.48. The van der Waals surface area contributed by atoms with Crippen LogP contribution in [0, 0.1) is 6.92 Å². The standard InChI is InChI=1S/C23H27N7O/c1-17-6-5-9-19(16-17)29-12-14-30(15-13-29)21(31)11-10-20-26-22(24)28-23(27-20)25-18-7-3-2-4-8-18/h2-9,16H,10-15H2,1H3,(H3,24,25,26,27,28). The Labute approximate surface area is 182 Å². The van der Waals surface area contributed by atoms with Crippen molar-refractivity contribution in [3.05, 3.63) is 66.0 Å². The van der Waals surface area contributed by atoms with Gasteiger partial charge in [-0.25, -0.2) is 0 Å². The Morgan fingerprint density at radius 2 is 1.77 bits per heavy atom. The van der Waals surface area contributed by atoms with E-state index in [1.807, 2.05) is 35.2 Å². The Hall–Kier alpha value is -3.68. The molecule has 1 aliphatic heterocycles. The number of piperazine rings is 1. The molecule has 0 saturated carbocycles. The molecule has 1 amide bonds. The number of hydrogen-bond acceptors (Lipinski definition) is 7. The number of carbonyl (C=O) groups excluding carboxylic acids is 1. The van der Waals surface area contributed by atoms with Gasteiger partial charge in [-0.15, -0.1) is 0 Å². The van der Waals surface area contributed by atoms with Gasteiger partial charge in [0, 0.05) is 50.4 Å². The second kappa shape index (κ2) is 9.42. The predicted molar refractivity (Wildman–Crippen MR) is 122 cm³/mol. The molecule has 2 aromatic carbocycles. The van der Waals surface area contributed by atoms with Crippen molar-refractivity contribution in [3.8, 4) is 0 Å². The van der Waals surface area contributed by atoms with Crippen LogP contribution < -0.4 is 16.0 Å². The monoisotopic (exact) mass is 417 g/mol. The van der Waals surface area contributed by atoms with Crippen LogP contribution >= 0.6 is 0 Å². The highest BCUT2D eigenvalue weighted by Crippen LogP contribution is 2.18. The van der Waals surface area contributed by atoms with Gasteiger partial charge < -0.3 is 20.9 Å². The van der Waals surface area contributed by atoms with Crippen LogP contribution in [0.3, 0.4) is 0 Å². The van der Waals surface area contributed by atoms with Crippen molar-refractivity contribution < 1.29 is 4.79 Å². The molecule has 160 valence electrons. The molecule has 1 aromatic heterocycles. The van der Waals surface area contributed by atoms with Crippen molar-refractivity contribution in [1.29, 1.82) is 0 Å². The van der Waals surface area contributed by atoms with Crippen LogP contribution in [-0.2, 0) is 11.2 Å². The van der Waals surface area contributed by atoms with Crippen LogP contribution in [-0.4, -0.2) is 51.9 Å². The van der Waals surface area contributed by atoms with E-state index in [2.05, 4.69) is 56.4 Å². The third-order valence-corrected chi connectivity index (χ3v) is 5.29. The molecule has 4 rings (SSSR count). The number of rotatable bonds is 6. The van der Waals surface area contributed by atoms with Crippen LogP contribution in [0.1, 0.15) is 17.8 Å². The van der Waals surface area contributed by atoms with E-state index in [1.54, 1.807) is 0 Å². The molecule has 1 aliphatic rings. The first kappa shape index (κ1) is 20.6. The fraction of sp³-hybridized carbons (Fsp3) is 0.304. The summed E-state index contributed by atoms with van der Waals surface area (Å²) in [6.07, 6.45) is 0.770. The van der Waals surface area contributed by atoms with E-state index in [1.165, 1.54) is 11.3 Å². The van der Waals surface area contributed by atoms with Crippen LogP contribution in [0.15, 0.2) is 54.6 Å². The van der Waals surface area contributed by atoms with E-state index in [-0.39, 0.29) is 11.9 Å². The average Bonchev–Trinajstić information content (AvgIpc) is 2.78. The minimum absolute atomic E-state index is 0.112. The summed E-state index contributed by atoms with van der Waals surface area (Å²) in [4.78, 5) is 29.7. The number of carbonyl (C=O) groups is 1. The minimum Gasteiger partial charge on any atom is -0.368 e. The van der Waals surface area contributed by atoms with Gasteiger partial charge in [0.25, 0.3) is 0 Å². The fourth-order valence-electron chi connectivity index (χ4n) is 3.67. The van der Waals surface area contributed by atoms with E-state index in [9.17, 15) is 4.79 Å². The number of nitrogens with zero attached hydrogens (tertiary/aromatic N) is 5. The molecule has 8 nitrogen and oxygen atoms in total. The maximum absolute atomic E-state index is 12.7. The van der Waals surface area contributed by atoms with Crippen LogP contribution in [0.5, 0.6) is 0 Å². The maximum atomic E-state index is 12.7. The lowest BCUT2D eigenvalue weighted by Gasteiger charge is -2.36. The normalized spacial score (nSPS) is 13.8.